The fraction of sp³-hybridized carbons (Fsp3) is 0.636. The lowest BCUT2D eigenvalue weighted by Crippen LogP contribution is -2.54. The highest BCUT2D eigenvalue weighted by molar-refractivity contribution is 5.80. The Hall–Kier alpha value is -2.28. The summed E-state index contributed by atoms with van der Waals surface area (Å²) in [7, 11) is 1.82. The summed E-state index contributed by atoms with van der Waals surface area (Å²) in [6.45, 7) is 9.36. The number of amides is 1. The van der Waals surface area contributed by atoms with Crippen molar-refractivity contribution in [1.29, 1.82) is 0 Å². The predicted molar refractivity (Wildman–Crippen MR) is 116 cm³/mol. The van der Waals surface area contributed by atoms with Gasteiger partial charge in [-0.3, -0.25) is 14.7 Å². The van der Waals surface area contributed by atoms with E-state index in [1.807, 2.05) is 39.1 Å². The molecule has 1 aliphatic carbocycles. The maximum absolute atomic E-state index is 12.0. The Morgan fingerprint density at radius 2 is 1.93 bits per heavy atom. The highest BCUT2D eigenvalue weighted by Gasteiger charge is 2.23. The number of guanidine groups is 1. The maximum Gasteiger partial charge on any atom is 0.234 e. The van der Waals surface area contributed by atoms with Gasteiger partial charge in [0, 0.05) is 51.4 Å². The average molecular weight is 402 g/mol. The van der Waals surface area contributed by atoms with Crippen molar-refractivity contribution in [2.75, 3.05) is 46.4 Å². The van der Waals surface area contributed by atoms with E-state index in [4.69, 9.17) is 4.74 Å². The molecule has 0 radical (unpaired) electrons. The fourth-order valence-corrected chi connectivity index (χ4v) is 3.48. The molecule has 0 spiro atoms. The first-order chi connectivity index (χ1) is 14.0. The quantitative estimate of drug-likeness (QED) is 0.513. The van der Waals surface area contributed by atoms with Crippen LogP contribution in [0.1, 0.15) is 32.3 Å². The highest BCUT2D eigenvalue weighted by Crippen LogP contribution is 2.30. The van der Waals surface area contributed by atoms with E-state index in [1.165, 1.54) is 12.8 Å². The number of para-hydroxylation sites is 1. The molecule has 1 aliphatic heterocycles. The smallest absolute Gasteiger partial charge is 0.234 e. The molecule has 1 heterocycles. The zero-order chi connectivity index (χ0) is 20.6. The largest absolute Gasteiger partial charge is 0.493 e. The van der Waals surface area contributed by atoms with Gasteiger partial charge in [0.15, 0.2) is 5.96 Å². The molecule has 2 fully saturated rings. The third-order valence-corrected chi connectivity index (χ3v) is 5.28. The minimum absolute atomic E-state index is 0.0961. The van der Waals surface area contributed by atoms with E-state index in [2.05, 4.69) is 31.5 Å². The van der Waals surface area contributed by atoms with Gasteiger partial charge in [-0.05, 0) is 38.7 Å². The number of nitrogens with one attached hydrogen (secondary N) is 2. The molecule has 1 aromatic carbocycles. The Balaban J connectivity index is 1.46. The minimum Gasteiger partial charge on any atom is -0.493 e. The molecular formula is C22H35N5O2. The number of piperazine rings is 1. The lowest BCUT2D eigenvalue weighted by atomic mass is 10.2. The maximum atomic E-state index is 12.0. The summed E-state index contributed by atoms with van der Waals surface area (Å²) in [6.07, 6.45) is 2.58. The van der Waals surface area contributed by atoms with Crippen LogP contribution < -0.4 is 15.4 Å². The number of nitrogens with zero attached hydrogens (tertiary/aromatic N) is 3. The van der Waals surface area contributed by atoms with Gasteiger partial charge in [-0.15, -0.1) is 0 Å². The van der Waals surface area contributed by atoms with Crippen LogP contribution in [0.4, 0.5) is 0 Å². The van der Waals surface area contributed by atoms with Gasteiger partial charge in [0.05, 0.1) is 13.2 Å². The SMILES string of the molecule is CN=C(NCc1ccccc1OCC1CC1)N1CCN(CC(=O)NC(C)C)CC1. The van der Waals surface area contributed by atoms with Crippen molar-refractivity contribution in [3.05, 3.63) is 29.8 Å². The molecule has 1 saturated heterocycles. The van der Waals surface area contributed by atoms with Gasteiger partial charge in [-0.1, -0.05) is 18.2 Å². The molecule has 2 N–H and O–H groups in total. The van der Waals surface area contributed by atoms with E-state index in [9.17, 15) is 4.79 Å². The molecule has 0 aromatic heterocycles. The number of hydrogen-bond acceptors (Lipinski definition) is 4. The Bertz CT molecular complexity index is 694. The minimum atomic E-state index is 0.0961. The fourth-order valence-electron chi connectivity index (χ4n) is 3.48. The van der Waals surface area contributed by atoms with Gasteiger partial charge in [-0.2, -0.15) is 0 Å². The number of carbonyl (C=O) groups excluding carboxylic acids is 1. The van der Waals surface area contributed by atoms with Gasteiger partial charge in [0.25, 0.3) is 0 Å². The molecular weight excluding hydrogens is 366 g/mol. The number of carbonyl (C=O) groups is 1. The number of hydrogen-bond donors (Lipinski definition) is 2. The Kier molecular flexibility index (Phi) is 7.75. The van der Waals surface area contributed by atoms with E-state index in [1.54, 1.807) is 0 Å². The van der Waals surface area contributed by atoms with E-state index in [-0.39, 0.29) is 11.9 Å². The van der Waals surface area contributed by atoms with E-state index in [0.29, 0.717) is 13.1 Å². The number of ether oxygens (including phenoxy) is 1. The summed E-state index contributed by atoms with van der Waals surface area (Å²) in [4.78, 5) is 20.9. The first-order valence-corrected chi connectivity index (χ1v) is 10.7. The van der Waals surface area contributed by atoms with Gasteiger partial charge < -0.3 is 20.3 Å². The molecule has 2 aliphatic rings. The first-order valence-electron chi connectivity index (χ1n) is 10.7. The predicted octanol–water partition coefficient (Wildman–Crippen LogP) is 1.69. The second kappa shape index (κ2) is 10.5. The third-order valence-electron chi connectivity index (χ3n) is 5.28. The molecule has 0 unspecified atom stereocenters. The van der Waals surface area contributed by atoms with Gasteiger partial charge in [0.1, 0.15) is 5.75 Å². The van der Waals surface area contributed by atoms with Crippen LogP contribution >= 0.6 is 0 Å². The topological polar surface area (TPSA) is 69.2 Å². The summed E-state index contributed by atoms with van der Waals surface area (Å²) < 4.78 is 6.01. The van der Waals surface area contributed by atoms with Crippen LogP contribution in [0.5, 0.6) is 5.75 Å². The summed E-state index contributed by atoms with van der Waals surface area (Å²) in [5.74, 6) is 2.69. The molecule has 7 heteroatoms. The second-order valence-electron chi connectivity index (χ2n) is 8.25. The monoisotopic (exact) mass is 401 g/mol. The Morgan fingerprint density at radius 3 is 2.59 bits per heavy atom. The molecule has 29 heavy (non-hydrogen) atoms. The van der Waals surface area contributed by atoms with E-state index in [0.717, 1.165) is 56.0 Å². The van der Waals surface area contributed by atoms with Gasteiger partial charge >= 0.3 is 0 Å². The van der Waals surface area contributed by atoms with Crippen molar-refractivity contribution >= 4 is 11.9 Å². The van der Waals surface area contributed by atoms with Crippen LogP contribution in [0.2, 0.25) is 0 Å². The van der Waals surface area contributed by atoms with Gasteiger partial charge in [0.2, 0.25) is 5.91 Å². The van der Waals surface area contributed by atoms with Crippen molar-refractivity contribution in [2.45, 2.75) is 39.3 Å². The molecule has 7 nitrogen and oxygen atoms in total. The number of aliphatic imine (C=N–C) groups is 1. The summed E-state index contributed by atoms with van der Waals surface area (Å²) in [6, 6.07) is 8.40. The zero-order valence-corrected chi connectivity index (χ0v) is 18.0. The standard InChI is InChI=1S/C22H35N5O2/c1-17(2)25-21(28)15-26-10-12-27(13-11-26)22(23-3)24-14-19-6-4-5-7-20(19)29-16-18-8-9-18/h4-7,17-18H,8-16H2,1-3H3,(H,23,24)(H,25,28). The van der Waals surface area contributed by atoms with Crippen LogP contribution in [0.25, 0.3) is 0 Å². The highest BCUT2D eigenvalue weighted by atomic mass is 16.5. The normalized spacial score (nSPS) is 18.1. The molecule has 1 saturated carbocycles. The van der Waals surface area contributed by atoms with Crippen molar-refractivity contribution < 1.29 is 9.53 Å². The van der Waals surface area contributed by atoms with Crippen molar-refractivity contribution in [1.82, 2.24) is 20.4 Å². The number of rotatable bonds is 8. The van der Waals surface area contributed by atoms with E-state index < -0.39 is 0 Å². The summed E-state index contributed by atoms with van der Waals surface area (Å²) in [5, 5.41) is 6.44. The first kappa shape index (κ1) is 21.4. The molecule has 1 aromatic rings. The Morgan fingerprint density at radius 1 is 1.21 bits per heavy atom. The number of benzene rings is 1. The lowest BCUT2D eigenvalue weighted by Gasteiger charge is -2.36. The van der Waals surface area contributed by atoms with Crippen LogP contribution in [0, 0.1) is 5.92 Å². The van der Waals surface area contributed by atoms with E-state index >= 15 is 0 Å². The third kappa shape index (κ3) is 6.92. The van der Waals surface area contributed by atoms with Crippen LogP contribution in [0.15, 0.2) is 29.3 Å². The molecule has 160 valence electrons. The Labute approximate surface area is 174 Å². The average Bonchev–Trinajstić information content (AvgIpc) is 3.52. The summed E-state index contributed by atoms with van der Waals surface area (Å²) in [5.41, 5.74) is 1.15. The van der Waals surface area contributed by atoms with Gasteiger partial charge in [-0.25, -0.2) is 0 Å². The summed E-state index contributed by atoms with van der Waals surface area (Å²) >= 11 is 0. The zero-order valence-electron chi connectivity index (χ0n) is 18.0. The van der Waals surface area contributed by atoms with Crippen LogP contribution in [-0.4, -0.2) is 74.1 Å². The molecule has 1 amide bonds. The molecule has 0 atom stereocenters. The van der Waals surface area contributed by atoms with Crippen LogP contribution in [0.3, 0.4) is 0 Å². The second-order valence-corrected chi connectivity index (χ2v) is 8.25. The molecule has 3 rings (SSSR count). The van der Waals surface area contributed by atoms with Crippen molar-refractivity contribution in [3.63, 3.8) is 0 Å². The van der Waals surface area contributed by atoms with Crippen LogP contribution in [-0.2, 0) is 11.3 Å². The van der Waals surface area contributed by atoms with Crippen molar-refractivity contribution in [3.8, 4) is 5.75 Å². The lowest BCUT2D eigenvalue weighted by molar-refractivity contribution is -0.123. The van der Waals surface area contributed by atoms with Crippen molar-refractivity contribution in [2.24, 2.45) is 10.9 Å². The molecule has 0 bridgehead atoms.